The topological polar surface area (TPSA) is 74.2 Å². The van der Waals surface area contributed by atoms with Crippen LogP contribution >= 0.6 is 0 Å². The molecule has 7 aliphatic rings. The largest absolute Gasteiger partial charge is 0.393 e. The van der Waals surface area contributed by atoms with Crippen molar-refractivity contribution in [2.24, 2.45) is 35.0 Å². The normalized spacial score (nSPS) is 46.5. The highest BCUT2D eigenvalue weighted by Gasteiger charge is 2.51. The number of carbonyl (C=O) groups excluding carboxylic acids is 1. The average molecular weight is 517 g/mol. The van der Waals surface area contributed by atoms with Gasteiger partial charge in [0.25, 0.3) is 0 Å². The van der Waals surface area contributed by atoms with Gasteiger partial charge in [0.1, 0.15) is 6.29 Å². The van der Waals surface area contributed by atoms with Gasteiger partial charge in [0, 0.05) is 37.9 Å². The Kier molecular flexibility index (Phi) is 8.40. The fourth-order valence-electron chi connectivity index (χ4n) is 9.35. The number of rotatable bonds is 10. The summed E-state index contributed by atoms with van der Waals surface area (Å²) in [5.41, 5.74) is 0.404. The maximum Gasteiger partial charge on any atom is 0.158 e. The van der Waals surface area contributed by atoms with Gasteiger partial charge in [-0.1, -0.05) is 12.2 Å². The van der Waals surface area contributed by atoms with Gasteiger partial charge in [-0.05, 0) is 107 Å². The smallest absolute Gasteiger partial charge is 0.158 e. The number of aliphatic hydroxyl groups is 1. The highest BCUT2D eigenvalue weighted by atomic mass is 16.7. The van der Waals surface area contributed by atoms with Gasteiger partial charge in [0.05, 0.1) is 18.3 Å². The zero-order chi connectivity index (χ0) is 25.2. The third-order valence-corrected chi connectivity index (χ3v) is 10.5. The first-order valence-electron chi connectivity index (χ1n) is 15.4. The van der Waals surface area contributed by atoms with E-state index in [0.29, 0.717) is 18.3 Å². The van der Waals surface area contributed by atoms with Crippen LogP contribution in [0.15, 0.2) is 12.2 Å². The quantitative estimate of drug-likeness (QED) is 0.303. The van der Waals surface area contributed by atoms with E-state index in [-0.39, 0.29) is 36.6 Å². The van der Waals surface area contributed by atoms with Crippen LogP contribution in [-0.2, 0) is 23.7 Å². The second-order valence-corrected chi connectivity index (χ2v) is 13.4. The molecule has 208 valence electrons. The maximum absolute atomic E-state index is 11.5. The second kappa shape index (κ2) is 11.8. The Labute approximate surface area is 222 Å². The lowest BCUT2D eigenvalue weighted by atomic mass is 9.48. The van der Waals surface area contributed by atoms with E-state index in [4.69, 9.17) is 18.9 Å². The summed E-state index contributed by atoms with van der Waals surface area (Å²) in [6.07, 6.45) is 21.2. The van der Waals surface area contributed by atoms with Crippen molar-refractivity contribution >= 4 is 6.29 Å². The lowest BCUT2D eigenvalue weighted by Gasteiger charge is -2.57. The summed E-state index contributed by atoms with van der Waals surface area (Å²) in [6.45, 7) is 1.52. The van der Waals surface area contributed by atoms with Crippen molar-refractivity contribution in [1.29, 1.82) is 0 Å². The molecular formula is C31H48O6. The first kappa shape index (κ1) is 26.4. The predicted octanol–water partition coefficient (Wildman–Crippen LogP) is 5.56. The molecule has 6 heteroatoms. The van der Waals surface area contributed by atoms with Crippen molar-refractivity contribution in [3.05, 3.63) is 12.2 Å². The lowest BCUT2D eigenvalue weighted by Crippen LogP contribution is -2.47. The minimum Gasteiger partial charge on any atom is -0.393 e. The molecule has 2 saturated heterocycles. The summed E-state index contributed by atoms with van der Waals surface area (Å²) >= 11 is 0. The monoisotopic (exact) mass is 516 g/mol. The minimum absolute atomic E-state index is 0.000513. The molecule has 0 aromatic rings. The van der Waals surface area contributed by atoms with Crippen molar-refractivity contribution in [2.75, 3.05) is 13.2 Å². The van der Waals surface area contributed by atoms with Crippen molar-refractivity contribution < 1.29 is 28.8 Å². The molecule has 0 aromatic carbocycles. The lowest BCUT2D eigenvalue weighted by molar-refractivity contribution is -0.193. The molecule has 7 rings (SSSR count). The first-order valence-corrected chi connectivity index (χ1v) is 15.4. The molecule has 4 bridgehead atoms. The Balaban J connectivity index is 1.19. The Bertz CT molecular complexity index is 749. The molecule has 0 amide bonds. The molecule has 37 heavy (non-hydrogen) atoms. The van der Waals surface area contributed by atoms with Crippen LogP contribution in [0, 0.1) is 35.0 Å². The van der Waals surface area contributed by atoms with Gasteiger partial charge >= 0.3 is 0 Å². The highest BCUT2D eigenvalue weighted by molar-refractivity contribution is 5.50. The molecule has 7 fully saturated rings. The van der Waals surface area contributed by atoms with E-state index in [9.17, 15) is 9.90 Å². The number of carbonyl (C=O) groups is 1. The number of hydrogen-bond acceptors (Lipinski definition) is 6. The molecular weight excluding hydrogens is 468 g/mol. The van der Waals surface area contributed by atoms with Crippen molar-refractivity contribution in [1.82, 2.24) is 0 Å². The summed E-state index contributed by atoms with van der Waals surface area (Å²) in [6, 6.07) is 0. The van der Waals surface area contributed by atoms with Gasteiger partial charge in [0.15, 0.2) is 12.6 Å². The van der Waals surface area contributed by atoms with Crippen LogP contribution in [0.25, 0.3) is 0 Å². The molecule has 0 aromatic heterocycles. The molecule has 2 heterocycles. The predicted molar refractivity (Wildman–Crippen MR) is 140 cm³/mol. The van der Waals surface area contributed by atoms with Crippen LogP contribution < -0.4 is 0 Å². The van der Waals surface area contributed by atoms with Crippen LogP contribution in [-0.4, -0.2) is 55.5 Å². The first-order chi connectivity index (χ1) is 18.1. The average Bonchev–Trinajstić information content (AvgIpc) is 3.16. The number of hydrogen-bond donors (Lipinski definition) is 1. The van der Waals surface area contributed by atoms with Crippen LogP contribution in [0.2, 0.25) is 0 Å². The molecule has 0 spiro atoms. The van der Waals surface area contributed by atoms with Gasteiger partial charge in [-0.25, -0.2) is 0 Å². The van der Waals surface area contributed by atoms with Gasteiger partial charge < -0.3 is 28.8 Å². The summed E-state index contributed by atoms with van der Waals surface area (Å²) < 4.78 is 25.0. The summed E-state index contributed by atoms with van der Waals surface area (Å²) in [5.74, 6) is 2.61. The molecule has 2 aliphatic heterocycles. The molecule has 6 nitrogen and oxygen atoms in total. The van der Waals surface area contributed by atoms with E-state index in [1.54, 1.807) is 0 Å². The summed E-state index contributed by atoms with van der Waals surface area (Å²) in [4.78, 5) is 11.5. The van der Waals surface area contributed by atoms with E-state index >= 15 is 0 Å². The summed E-state index contributed by atoms with van der Waals surface area (Å²) in [5, 5.41) is 10.9. The third kappa shape index (κ3) is 6.19. The molecule has 5 aliphatic carbocycles. The van der Waals surface area contributed by atoms with E-state index in [1.807, 2.05) is 0 Å². The van der Waals surface area contributed by atoms with Gasteiger partial charge in [-0.3, -0.25) is 0 Å². The van der Waals surface area contributed by atoms with Crippen LogP contribution in [0.1, 0.15) is 96.3 Å². The molecule has 1 N–H and O–H groups in total. The van der Waals surface area contributed by atoms with E-state index < -0.39 is 6.10 Å². The number of ether oxygens (including phenoxy) is 4. The molecule has 5 saturated carbocycles. The maximum atomic E-state index is 11.5. The van der Waals surface area contributed by atoms with Crippen LogP contribution in [0.5, 0.6) is 0 Å². The third-order valence-electron chi connectivity index (χ3n) is 10.5. The van der Waals surface area contributed by atoms with E-state index in [0.717, 1.165) is 82.2 Å². The summed E-state index contributed by atoms with van der Waals surface area (Å²) in [7, 11) is 0. The van der Waals surface area contributed by atoms with E-state index in [2.05, 4.69) is 12.2 Å². The highest BCUT2D eigenvalue weighted by Crippen LogP contribution is 2.62. The zero-order valence-corrected chi connectivity index (χ0v) is 22.5. The standard InChI is InChI=1S/C31H48O6/c32-10-9-25-26(28(16-27(25)33)37-30-6-2-4-12-35-30)8-7-24(36-29-5-1-3-11-34-29)20-31-17-21-13-22(18-31)15-23(14-21)19-31/h7-8,10,21-30,33H,1-6,9,11-20H2. The molecule has 0 radical (unpaired) electrons. The number of aldehydes is 1. The zero-order valence-electron chi connectivity index (χ0n) is 22.5. The van der Waals surface area contributed by atoms with Gasteiger partial charge in [-0.15, -0.1) is 0 Å². The van der Waals surface area contributed by atoms with Gasteiger partial charge in [-0.2, -0.15) is 0 Å². The Morgan fingerprint density at radius 1 is 0.892 bits per heavy atom. The molecule has 7 atom stereocenters. The van der Waals surface area contributed by atoms with Crippen LogP contribution in [0.3, 0.4) is 0 Å². The minimum atomic E-state index is -0.530. The fraction of sp³-hybridized carbons (Fsp3) is 0.903. The number of aliphatic hydroxyl groups excluding tert-OH is 1. The van der Waals surface area contributed by atoms with Crippen molar-refractivity contribution in [3.63, 3.8) is 0 Å². The Hall–Kier alpha value is -0.790. The molecule has 7 unspecified atom stereocenters. The van der Waals surface area contributed by atoms with Gasteiger partial charge in [0.2, 0.25) is 0 Å². The van der Waals surface area contributed by atoms with Crippen LogP contribution in [0.4, 0.5) is 0 Å². The van der Waals surface area contributed by atoms with E-state index in [1.165, 1.54) is 38.5 Å². The second-order valence-electron chi connectivity index (χ2n) is 13.4. The Morgan fingerprint density at radius 3 is 2.14 bits per heavy atom. The van der Waals surface area contributed by atoms with Crippen molar-refractivity contribution in [3.8, 4) is 0 Å². The Morgan fingerprint density at radius 2 is 1.54 bits per heavy atom. The SMILES string of the molecule is O=CCC1C(O)CC(OC2CCCCO2)C1C=CC(CC12CC3CC(CC(C3)C1)C2)OC1CCCCO1. The van der Waals surface area contributed by atoms with Crippen molar-refractivity contribution in [2.45, 2.75) is 127 Å². The fourth-order valence-corrected chi connectivity index (χ4v) is 9.35.